The number of fused-ring (bicyclic) bond motifs is 1. The van der Waals surface area contributed by atoms with Crippen LogP contribution in [-0.2, 0) is 23.2 Å². The monoisotopic (exact) mass is 396 g/mol. The molecule has 3 amide bonds. The minimum atomic E-state index is -1.29. The minimum absolute atomic E-state index is 0.250. The molecule has 1 fully saturated rings. The number of nitrogens with zero attached hydrogens (tertiary/aromatic N) is 1. The number of halogens is 1. The van der Waals surface area contributed by atoms with E-state index in [0.29, 0.717) is 16.1 Å². The van der Waals surface area contributed by atoms with Crippen LogP contribution in [0.25, 0.3) is 0 Å². The first-order valence-corrected chi connectivity index (χ1v) is 9.82. The number of hydrogen-bond donors (Lipinski definition) is 1. The van der Waals surface area contributed by atoms with Crippen molar-refractivity contribution in [3.63, 3.8) is 0 Å². The van der Waals surface area contributed by atoms with Crippen LogP contribution in [-0.4, -0.2) is 29.2 Å². The van der Waals surface area contributed by atoms with Crippen LogP contribution in [0.3, 0.4) is 0 Å². The zero-order chi connectivity index (χ0) is 19.9. The molecule has 5 nitrogen and oxygen atoms in total. The molecule has 1 N–H and O–H groups in total. The SMILES string of the molecule is C[C@@]1(c2ccccc2Cl)NC(=O)N(CC(=O)c2ccc3c(c2)CCCC3)C1=O. The summed E-state index contributed by atoms with van der Waals surface area (Å²) in [7, 11) is 0. The molecule has 0 radical (unpaired) electrons. The third-order valence-electron chi connectivity index (χ3n) is 5.66. The number of urea groups is 1. The van der Waals surface area contributed by atoms with Gasteiger partial charge in [-0.2, -0.15) is 0 Å². The molecule has 0 aromatic heterocycles. The minimum Gasteiger partial charge on any atom is -0.319 e. The highest BCUT2D eigenvalue weighted by Crippen LogP contribution is 2.33. The fourth-order valence-corrected chi connectivity index (χ4v) is 4.36. The maximum absolute atomic E-state index is 13.0. The molecule has 2 aliphatic rings. The molecule has 2 aromatic rings. The summed E-state index contributed by atoms with van der Waals surface area (Å²) in [6.07, 6.45) is 4.29. The van der Waals surface area contributed by atoms with Crippen molar-refractivity contribution < 1.29 is 14.4 Å². The van der Waals surface area contributed by atoms with Gasteiger partial charge in [-0.1, -0.05) is 41.9 Å². The van der Waals surface area contributed by atoms with Crippen molar-refractivity contribution in [1.29, 1.82) is 0 Å². The number of rotatable bonds is 4. The highest BCUT2D eigenvalue weighted by Gasteiger charge is 2.50. The van der Waals surface area contributed by atoms with Crippen molar-refractivity contribution in [2.45, 2.75) is 38.1 Å². The predicted molar refractivity (Wildman–Crippen MR) is 106 cm³/mol. The molecule has 0 saturated carbocycles. The fourth-order valence-electron chi connectivity index (χ4n) is 4.03. The number of aryl methyl sites for hydroxylation is 2. The summed E-state index contributed by atoms with van der Waals surface area (Å²) in [5, 5.41) is 3.09. The first kappa shape index (κ1) is 18.7. The molecule has 2 aromatic carbocycles. The second-order valence-corrected chi connectivity index (χ2v) is 7.95. The van der Waals surface area contributed by atoms with Crippen LogP contribution in [0.1, 0.15) is 46.8 Å². The molecule has 144 valence electrons. The molecule has 1 aliphatic heterocycles. The van der Waals surface area contributed by atoms with E-state index in [-0.39, 0.29) is 12.3 Å². The number of ketones is 1. The number of nitrogens with one attached hydrogen (secondary N) is 1. The van der Waals surface area contributed by atoms with Crippen molar-refractivity contribution in [3.8, 4) is 0 Å². The molecule has 1 heterocycles. The Morgan fingerprint density at radius 1 is 1.11 bits per heavy atom. The number of carbonyl (C=O) groups is 3. The summed E-state index contributed by atoms with van der Waals surface area (Å²) >= 11 is 6.23. The van der Waals surface area contributed by atoms with Crippen molar-refractivity contribution in [2.24, 2.45) is 0 Å². The van der Waals surface area contributed by atoms with Gasteiger partial charge in [-0.25, -0.2) is 4.79 Å². The number of carbonyl (C=O) groups excluding carboxylic acids is 3. The summed E-state index contributed by atoms with van der Waals surface area (Å²) in [6.45, 7) is 1.32. The van der Waals surface area contributed by atoms with Crippen LogP contribution >= 0.6 is 11.6 Å². The van der Waals surface area contributed by atoms with Gasteiger partial charge in [0.1, 0.15) is 5.54 Å². The lowest BCUT2D eigenvalue weighted by molar-refractivity contribution is -0.130. The van der Waals surface area contributed by atoms with Gasteiger partial charge < -0.3 is 5.32 Å². The van der Waals surface area contributed by atoms with Crippen molar-refractivity contribution in [3.05, 3.63) is 69.7 Å². The Labute approximate surface area is 168 Å². The van der Waals surface area contributed by atoms with Gasteiger partial charge in [0.25, 0.3) is 5.91 Å². The van der Waals surface area contributed by atoms with Crippen molar-refractivity contribution >= 4 is 29.3 Å². The van der Waals surface area contributed by atoms with Crippen LogP contribution in [0.5, 0.6) is 0 Å². The van der Waals surface area contributed by atoms with E-state index in [0.717, 1.165) is 24.2 Å². The number of hydrogen-bond acceptors (Lipinski definition) is 3. The Morgan fingerprint density at radius 3 is 2.57 bits per heavy atom. The molecule has 1 atom stereocenters. The first-order valence-electron chi connectivity index (χ1n) is 9.44. The maximum Gasteiger partial charge on any atom is 0.325 e. The van der Waals surface area contributed by atoms with Gasteiger partial charge >= 0.3 is 6.03 Å². The van der Waals surface area contributed by atoms with Crippen LogP contribution < -0.4 is 5.32 Å². The molecule has 1 saturated heterocycles. The van der Waals surface area contributed by atoms with Crippen LogP contribution in [0.2, 0.25) is 5.02 Å². The standard InChI is InChI=1S/C22H21ClN2O3/c1-22(17-8-4-5-9-18(17)23)20(27)25(21(28)24-22)13-19(26)16-11-10-14-6-2-3-7-15(14)12-16/h4-5,8-12H,2-3,6-7,13H2,1H3,(H,24,28)/t22-/m0/s1. The van der Waals surface area contributed by atoms with E-state index >= 15 is 0 Å². The van der Waals surface area contributed by atoms with Gasteiger partial charge in [0.2, 0.25) is 0 Å². The molecule has 0 spiro atoms. The summed E-state index contributed by atoms with van der Waals surface area (Å²) < 4.78 is 0. The molecule has 0 unspecified atom stereocenters. The Bertz CT molecular complexity index is 987. The van der Waals surface area contributed by atoms with Crippen LogP contribution in [0, 0.1) is 0 Å². The number of Topliss-reactive ketones (excluding diaryl/α,β-unsaturated/α-hetero) is 1. The van der Waals surface area contributed by atoms with E-state index in [2.05, 4.69) is 5.32 Å². The molecule has 0 bridgehead atoms. The number of imide groups is 1. The second-order valence-electron chi connectivity index (χ2n) is 7.54. The van der Waals surface area contributed by atoms with E-state index in [9.17, 15) is 14.4 Å². The number of benzene rings is 2. The average molecular weight is 397 g/mol. The highest BCUT2D eigenvalue weighted by atomic mass is 35.5. The Kier molecular flexibility index (Phi) is 4.71. The van der Waals surface area contributed by atoms with Crippen molar-refractivity contribution in [1.82, 2.24) is 10.2 Å². The third kappa shape index (κ3) is 3.10. The Morgan fingerprint density at radius 2 is 1.82 bits per heavy atom. The predicted octanol–water partition coefficient (Wildman–Crippen LogP) is 3.87. The Hall–Kier alpha value is -2.66. The van der Waals surface area contributed by atoms with Gasteiger partial charge in [-0.05, 0) is 55.9 Å². The lowest BCUT2D eigenvalue weighted by Gasteiger charge is -2.23. The second kappa shape index (κ2) is 7.06. The van der Waals surface area contributed by atoms with Gasteiger partial charge in [0, 0.05) is 16.1 Å². The largest absolute Gasteiger partial charge is 0.325 e. The zero-order valence-corrected chi connectivity index (χ0v) is 16.4. The normalized spacial score (nSPS) is 21.4. The topological polar surface area (TPSA) is 66.5 Å². The summed E-state index contributed by atoms with van der Waals surface area (Å²) in [5.74, 6) is -0.725. The quantitative estimate of drug-likeness (QED) is 0.630. The van der Waals surface area contributed by atoms with Gasteiger partial charge in [0.05, 0.1) is 6.54 Å². The summed E-state index contributed by atoms with van der Waals surface area (Å²) in [4.78, 5) is 39.3. The fraction of sp³-hybridized carbons (Fsp3) is 0.318. The van der Waals surface area contributed by atoms with E-state index in [1.54, 1.807) is 37.3 Å². The van der Waals surface area contributed by atoms with Crippen LogP contribution in [0.4, 0.5) is 4.79 Å². The van der Waals surface area contributed by atoms with Gasteiger partial charge in [-0.15, -0.1) is 0 Å². The van der Waals surface area contributed by atoms with Crippen molar-refractivity contribution in [2.75, 3.05) is 6.54 Å². The zero-order valence-electron chi connectivity index (χ0n) is 15.6. The smallest absolute Gasteiger partial charge is 0.319 e. The Balaban J connectivity index is 1.57. The average Bonchev–Trinajstić information content (AvgIpc) is 2.91. The van der Waals surface area contributed by atoms with Crippen LogP contribution in [0.15, 0.2) is 42.5 Å². The molecule has 4 rings (SSSR count). The van der Waals surface area contributed by atoms with Gasteiger partial charge in [-0.3, -0.25) is 14.5 Å². The molecule has 6 heteroatoms. The van der Waals surface area contributed by atoms with Gasteiger partial charge in [0.15, 0.2) is 5.78 Å². The molecular weight excluding hydrogens is 376 g/mol. The lowest BCUT2D eigenvalue weighted by atomic mass is 9.89. The maximum atomic E-state index is 13.0. The first-order chi connectivity index (χ1) is 13.4. The van der Waals surface area contributed by atoms with E-state index < -0.39 is 17.5 Å². The lowest BCUT2D eigenvalue weighted by Crippen LogP contribution is -2.41. The third-order valence-corrected chi connectivity index (χ3v) is 5.99. The summed E-state index contributed by atoms with van der Waals surface area (Å²) in [5.41, 5.74) is 2.23. The highest BCUT2D eigenvalue weighted by molar-refractivity contribution is 6.32. The molecule has 1 aliphatic carbocycles. The van der Waals surface area contributed by atoms with E-state index in [1.165, 1.54) is 17.5 Å². The molecule has 28 heavy (non-hydrogen) atoms. The number of amides is 3. The summed E-state index contributed by atoms with van der Waals surface area (Å²) in [6, 6.07) is 12.0. The van der Waals surface area contributed by atoms with E-state index in [4.69, 9.17) is 11.6 Å². The molecular formula is C22H21ClN2O3. The van der Waals surface area contributed by atoms with E-state index in [1.807, 2.05) is 12.1 Å².